The first-order valence-electron chi connectivity index (χ1n) is 18.3. The van der Waals surface area contributed by atoms with Gasteiger partial charge in [0.1, 0.15) is 0 Å². The zero-order chi connectivity index (χ0) is 36.6. The molecule has 7 aromatic carbocycles. The van der Waals surface area contributed by atoms with E-state index in [1.165, 1.54) is 31.3 Å². The van der Waals surface area contributed by atoms with Gasteiger partial charge in [-0.1, -0.05) is 182 Å². The molecule has 0 spiro atoms. The van der Waals surface area contributed by atoms with Gasteiger partial charge in [-0.25, -0.2) is 19.9 Å². The summed E-state index contributed by atoms with van der Waals surface area (Å²) in [5, 5.41) is 2.50. The monoisotopic (exact) mass is 720 g/mol. The molecule has 0 unspecified atom stereocenters. The van der Waals surface area contributed by atoms with Crippen molar-refractivity contribution in [2.45, 2.75) is 0 Å². The Kier molecular flexibility index (Phi) is 8.32. The number of rotatable bonds is 7. The van der Waals surface area contributed by atoms with E-state index in [1.54, 1.807) is 0 Å². The average molecular weight is 721 g/mol. The highest BCUT2D eigenvalue weighted by Gasteiger charge is 2.17. The molecule has 0 aliphatic heterocycles. The van der Waals surface area contributed by atoms with Crippen LogP contribution in [0, 0.1) is 0 Å². The van der Waals surface area contributed by atoms with Crippen molar-refractivity contribution in [2.24, 2.45) is 0 Å². The minimum absolute atomic E-state index is 0.645. The molecule has 0 amide bonds. The number of aromatic nitrogens is 4. The molecule has 258 valence electrons. The first-order valence-corrected chi connectivity index (χ1v) is 19.1. The molecule has 0 bridgehead atoms. The zero-order valence-electron chi connectivity index (χ0n) is 29.7. The van der Waals surface area contributed by atoms with Crippen LogP contribution in [0.3, 0.4) is 0 Å². The van der Waals surface area contributed by atoms with Gasteiger partial charge in [-0.05, 0) is 34.4 Å². The Labute approximate surface area is 323 Å². The molecule has 0 aliphatic rings. The normalized spacial score (nSPS) is 11.3. The number of benzene rings is 7. The first kappa shape index (κ1) is 32.6. The minimum atomic E-state index is 0.645. The van der Waals surface area contributed by atoms with Crippen LogP contribution in [0.4, 0.5) is 0 Å². The molecule has 0 atom stereocenters. The fraction of sp³-hybridized carbons (Fsp3) is 0. The number of fused-ring (bicyclic) bond motifs is 3. The minimum Gasteiger partial charge on any atom is -0.248 e. The fourth-order valence-electron chi connectivity index (χ4n) is 7.21. The van der Waals surface area contributed by atoms with Crippen LogP contribution in [0.25, 0.3) is 99.1 Å². The van der Waals surface area contributed by atoms with Crippen LogP contribution >= 0.6 is 11.3 Å². The summed E-state index contributed by atoms with van der Waals surface area (Å²) in [5.41, 5.74) is 11.7. The van der Waals surface area contributed by atoms with E-state index in [2.05, 4.69) is 121 Å². The lowest BCUT2D eigenvalue weighted by atomic mass is 9.97. The lowest BCUT2D eigenvalue weighted by Gasteiger charge is -2.11. The van der Waals surface area contributed by atoms with E-state index >= 15 is 0 Å². The Morgan fingerprint density at radius 2 is 0.636 bits per heavy atom. The summed E-state index contributed by atoms with van der Waals surface area (Å²) >= 11 is 1.85. The number of pyridine rings is 1. The summed E-state index contributed by atoms with van der Waals surface area (Å²) in [5.74, 6) is 1.95. The van der Waals surface area contributed by atoms with E-state index in [0.29, 0.717) is 17.5 Å². The van der Waals surface area contributed by atoms with E-state index in [4.69, 9.17) is 19.9 Å². The molecule has 0 N–H and O–H groups in total. The van der Waals surface area contributed by atoms with Crippen molar-refractivity contribution in [3.8, 4) is 78.9 Å². The van der Waals surface area contributed by atoms with Gasteiger partial charge in [-0.2, -0.15) is 0 Å². The zero-order valence-corrected chi connectivity index (χ0v) is 30.5. The van der Waals surface area contributed by atoms with E-state index in [0.717, 1.165) is 50.3 Å². The Bertz CT molecular complexity index is 2830. The fourth-order valence-corrected chi connectivity index (χ4v) is 8.58. The predicted molar refractivity (Wildman–Crippen MR) is 229 cm³/mol. The molecule has 5 heteroatoms. The molecule has 3 heterocycles. The van der Waals surface area contributed by atoms with Gasteiger partial charge >= 0.3 is 0 Å². The highest BCUT2D eigenvalue weighted by molar-refractivity contribution is 7.26. The summed E-state index contributed by atoms with van der Waals surface area (Å²) in [6, 6.07) is 67.5. The second-order valence-electron chi connectivity index (χ2n) is 13.4. The summed E-state index contributed by atoms with van der Waals surface area (Å²) in [6.07, 6.45) is 0. The van der Waals surface area contributed by atoms with Crippen LogP contribution in [0.1, 0.15) is 0 Å². The highest BCUT2D eigenvalue weighted by atomic mass is 32.1. The molecule has 3 aromatic heterocycles. The molecule has 10 rings (SSSR count). The second-order valence-corrected chi connectivity index (χ2v) is 14.5. The van der Waals surface area contributed by atoms with Gasteiger partial charge < -0.3 is 0 Å². The van der Waals surface area contributed by atoms with Crippen molar-refractivity contribution in [1.29, 1.82) is 0 Å². The van der Waals surface area contributed by atoms with E-state index in [1.807, 2.05) is 84.1 Å². The number of hydrogen-bond acceptors (Lipinski definition) is 5. The van der Waals surface area contributed by atoms with Crippen LogP contribution in [0.5, 0.6) is 0 Å². The van der Waals surface area contributed by atoms with E-state index in [9.17, 15) is 0 Å². The smallest absolute Gasteiger partial charge is 0.164 e. The van der Waals surface area contributed by atoms with Gasteiger partial charge in [0.05, 0.1) is 11.4 Å². The largest absolute Gasteiger partial charge is 0.248 e. The SMILES string of the molecule is c1ccc(-c2cc(-c3cccc4c3sc3c(-c5ccc(-c6nc(-c7ccccc7)nc(-c7ccccc7)n6)cc5)cccc34)cc(-c3ccccc3)n2)cc1. The summed E-state index contributed by atoms with van der Waals surface area (Å²) in [6.45, 7) is 0. The Balaban J connectivity index is 1.07. The van der Waals surface area contributed by atoms with Crippen molar-refractivity contribution < 1.29 is 0 Å². The van der Waals surface area contributed by atoms with Crippen LogP contribution in [-0.2, 0) is 0 Å². The van der Waals surface area contributed by atoms with Crippen molar-refractivity contribution in [3.63, 3.8) is 0 Å². The third kappa shape index (κ3) is 6.27. The van der Waals surface area contributed by atoms with Crippen LogP contribution in [0.15, 0.2) is 194 Å². The van der Waals surface area contributed by atoms with Gasteiger partial charge in [0.15, 0.2) is 17.5 Å². The van der Waals surface area contributed by atoms with Gasteiger partial charge in [0, 0.05) is 48.0 Å². The average Bonchev–Trinajstić information content (AvgIpc) is 3.67. The Morgan fingerprint density at radius 1 is 0.273 bits per heavy atom. The molecular formula is C50H32N4S. The maximum Gasteiger partial charge on any atom is 0.164 e. The molecule has 10 aromatic rings. The van der Waals surface area contributed by atoms with E-state index in [-0.39, 0.29) is 0 Å². The highest BCUT2D eigenvalue weighted by Crippen LogP contribution is 2.44. The quantitative estimate of drug-likeness (QED) is 0.164. The van der Waals surface area contributed by atoms with Crippen molar-refractivity contribution in [2.75, 3.05) is 0 Å². The molecule has 55 heavy (non-hydrogen) atoms. The van der Waals surface area contributed by atoms with Crippen molar-refractivity contribution >= 4 is 31.5 Å². The summed E-state index contributed by atoms with van der Waals surface area (Å²) in [4.78, 5) is 19.9. The third-order valence-electron chi connectivity index (χ3n) is 9.95. The molecule has 0 saturated carbocycles. The maximum absolute atomic E-state index is 5.14. The van der Waals surface area contributed by atoms with Crippen molar-refractivity contribution in [1.82, 2.24) is 19.9 Å². The van der Waals surface area contributed by atoms with Gasteiger partial charge in [0.25, 0.3) is 0 Å². The van der Waals surface area contributed by atoms with Gasteiger partial charge in [-0.15, -0.1) is 11.3 Å². The molecule has 0 saturated heterocycles. The molecule has 4 nitrogen and oxygen atoms in total. The molecule has 0 radical (unpaired) electrons. The molecule has 0 aliphatic carbocycles. The number of thiophene rings is 1. The molecule has 0 fully saturated rings. The number of nitrogens with zero attached hydrogens (tertiary/aromatic N) is 4. The lowest BCUT2D eigenvalue weighted by Crippen LogP contribution is -2.00. The summed E-state index contributed by atoms with van der Waals surface area (Å²) in [7, 11) is 0. The topological polar surface area (TPSA) is 51.6 Å². The first-order chi connectivity index (χ1) is 27.2. The third-order valence-corrected chi connectivity index (χ3v) is 11.2. The standard InChI is InChI=1S/C50H32N4S/c1-5-15-34(16-6-1)44-31-39(32-45(51-44)35-17-7-2-8-18-35)41-24-14-26-43-42-25-13-23-40(46(42)55-47(41)43)33-27-29-38(30-28-33)50-53-48(36-19-9-3-10-20-36)52-49(54-50)37-21-11-4-12-22-37/h1-32H. The van der Waals surface area contributed by atoms with Crippen LogP contribution in [-0.4, -0.2) is 19.9 Å². The molecular weight excluding hydrogens is 689 g/mol. The lowest BCUT2D eigenvalue weighted by molar-refractivity contribution is 1.07. The summed E-state index contributed by atoms with van der Waals surface area (Å²) < 4.78 is 2.52. The van der Waals surface area contributed by atoms with Crippen molar-refractivity contribution in [3.05, 3.63) is 194 Å². The van der Waals surface area contributed by atoms with Gasteiger partial charge in [0.2, 0.25) is 0 Å². The van der Waals surface area contributed by atoms with Gasteiger partial charge in [-0.3, -0.25) is 0 Å². The second kappa shape index (κ2) is 14.0. The maximum atomic E-state index is 5.14. The van der Waals surface area contributed by atoms with Crippen LogP contribution < -0.4 is 0 Å². The Morgan fingerprint density at radius 3 is 1.07 bits per heavy atom. The van der Waals surface area contributed by atoms with Crippen LogP contribution in [0.2, 0.25) is 0 Å². The van der Waals surface area contributed by atoms with E-state index < -0.39 is 0 Å². The predicted octanol–water partition coefficient (Wildman–Crippen LogP) is 13.3. The number of hydrogen-bond donors (Lipinski definition) is 0. The Hall–Kier alpha value is -7.08.